The SMILES string of the molecule is CC(C)(C)OCCCC(=O)CC(=O)OC(C)(C)C. The maximum absolute atomic E-state index is 11.5. The summed E-state index contributed by atoms with van der Waals surface area (Å²) in [5.41, 5.74) is -0.721. The van der Waals surface area contributed by atoms with Crippen LogP contribution in [0.15, 0.2) is 0 Å². The Morgan fingerprint density at radius 3 is 1.94 bits per heavy atom. The normalized spacial score (nSPS) is 12.3. The van der Waals surface area contributed by atoms with Gasteiger partial charge in [0.25, 0.3) is 0 Å². The quantitative estimate of drug-likeness (QED) is 0.417. The van der Waals surface area contributed by atoms with Gasteiger partial charge in [-0.05, 0) is 48.0 Å². The lowest BCUT2D eigenvalue weighted by Gasteiger charge is -2.20. The monoisotopic (exact) mass is 258 g/mol. The zero-order valence-electron chi connectivity index (χ0n) is 12.5. The van der Waals surface area contributed by atoms with Crippen LogP contribution in [0.4, 0.5) is 0 Å². The molecular weight excluding hydrogens is 232 g/mol. The van der Waals surface area contributed by atoms with Gasteiger partial charge in [-0.2, -0.15) is 0 Å². The molecule has 0 atom stereocenters. The second kappa shape index (κ2) is 6.88. The number of esters is 1. The molecule has 0 aromatic carbocycles. The second-order valence-electron chi connectivity index (χ2n) is 6.37. The van der Waals surface area contributed by atoms with E-state index in [1.165, 1.54) is 0 Å². The maximum atomic E-state index is 11.5. The van der Waals surface area contributed by atoms with Gasteiger partial charge >= 0.3 is 5.97 Å². The van der Waals surface area contributed by atoms with Crippen molar-refractivity contribution >= 4 is 11.8 Å². The highest BCUT2D eigenvalue weighted by Gasteiger charge is 2.18. The molecule has 0 fully saturated rings. The van der Waals surface area contributed by atoms with E-state index in [-0.39, 0.29) is 17.8 Å². The molecule has 0 aliphatic rings. The third-order valence-corrected chi connectivity index (χ3v) is 1.90. The summed E-state index contributed by atoms with van der Waals surface area (Å²) in [6, 6.07) is 0. The number of carbonyl (C=O) groups excluding carboxylic acids is 2. The average Bonchev–Trinajstić information content (AvgIpc) is 2.07. The Labute approximate surface area is 110 Å². The molecule has 0 spiro atoms. The van der Waals surface area contributed by atoms with Gasteiger partial charge in [-0.1, -0.05) is 0 Å². The lowest BCUT2D eigenvalue weighted by molar-refractivity contribution is -0.156. The van der Waals surface area contributed by atoms with Crippen molar-refractivity contribution in [3.63, 3.8) is 0 Å². The Bertz CT molecular complexity index is 281. The van der Waals surface area contributed by atoms with Crippen LogP contribution in [0, 0.1) is 0 Å². The van der Waals surface area contributed by atoms with Crippen LogP contribution in [-0.4, -0.2) is 29.6 Å². The molecule has 4 heteroatoms. The fourth-order valence-electron chi connectivity index (χ4n) is 1.27. The van der Waals surface area contributed by atoms with Crippen molar-refractivity contribution in [3.05, 3.63) is 0 Å². The standard InChI is InChI=1S/C14H26O4/c1-13(2,3)17-9-7-8-11(15)10-12(16)18-14(4,5)6/h7-10H2,1-6H3. The zero-order valence-corrected chi connectivity index (χ0v) is 12.5. The van der Waals surface area contributed by atoms with Gasteiger partial charge in [-0.25, -0.2) is 0 Å². The van der Waals surface area contributed by atoms with E-state index in [9.17, 15) is 9.59 Å². The molecule has 0 bridgehead atoms. The van der Waals surface area contributed by atoms with Crippen molar-refractivity contribution in [3.8, 4) is 0 Å². The van der Waals surface area contributed by atoms with Gasteiger partial charge in [-0.3, -0.25) is 9.59 Å². The maximum Gasteiger partial charge on any atom is 0.313 e. The molecule has 0 saturated heterocycles. The van der Waals surface area contributed by atoms with E-state index in [0.29, 0.717) is 19.4 Å². The molecule has 0 amide bonds. The molecule has 0 aliphatic heterocycles. The summed E-state index contributed by atoms with van der Waals surface area (Å²) < 4.78 is 10.6. The van der Waals surface area contributed by atoms with E-state index in [2.05, 4.69) is 0 Å². The molecule has 0 unspecified atom stereocenters. The first-order valence-electron chi connectivity index (χ1n) is 6.37. The van der Waals surface area contributed by atoms with E-state index in [1.54, 1.807) is 20.8 Å². The van der Waals surface area contributed by atoms with Crippen LogP contribution >= 0.6 is 0 Å². The predicted octanol–water partition coefficient (Wildman–Crippen LogP) is 2.88. The summed E-state index contributed by atoms with van der Waals surface area (Å²) in [6.07, 6.45) is 0.848. The fraction of sp³-hybridized carbons (Fsp3) is 0.857. The largest absolute Gasteiger partial charge is 0.460 e. The van der Waals surface area contributed by atoms with Gasteiger partial charge in [0.15, 0.2) is 0 Å². The number of hydrogen-bond donors (Lipinski definition) is 0. The summed E-state index contributed by atoms with van der Waals surface area (Å²) in [6.45, 7) is 11.8. The third-order valence-electron chi connectivity index (χ3n) is 1.90. The number of rotatable bonds is 6. The van der Waals surface area contributed by atoms with Crippen molar-refractivity contribution in [2.24, 2.45) is 0 Å². The summed E-state index contributed by atoms with van der Waals surface area (Å²) in [5.74, 6) is -0.550. The predicted molar refractivity (Wildman–Crippen MR) is 70.4 cm³/mol. The zero-order chi connectivity index (χ0) is 14.4. The summed E-state index contributed by atoms with van der Waals surface area (Å²) in [4.78, 5) is 22.9. The number of carbonyl (C=O) groups is 2. The minimum atomic E-state index is -0.535. The lowest BCUT2D eigenvalue weighted by atomic mass is 10.1. The van der Waals surface area contributed by atoms with Gasteiger partial charge in [0.1, 0.15) is 17.8 Å². The molecule has 0 saturated carbocycles. The summed E-state index contributed by atoms with van der Waals surface area (Å²) >= 11 is 0. The topological polar surface area (TPSA) is 52.6 Å². The molecule has 18 heavy (non-hydrogen) atoms. The Balaban J connectivity index is 3.76. The van der Waals surface area contributed by atoms with Crippen LogP contribution in [-0.2, 0) is 19.1 Å². The van der Waals surface area contributed by atoms with Crippen molar-refractivity contribution < 1.29 is 19.1 Å². The Kier molecular flexibility index (Phi) is 6.54. The Morgan fingerprint density at radius 2 is 1.50 bits per heavy atom. The van der Waals surface area contributed by atoms with Gasteiger partial charge in [0.05, 0.1) is 5.60 Å². The summed E-state index contributed by atoms with van der Waals surface area (Å²) in [7, 11) is 0. The van der Waals surface area contributed by atoms with E-state index < -0.39 is 11.6 Å². The molecule has 106 valence electrons. The Hall–Kier alpha value is -0.900. The van der Waals surface area contributed by atoms with Gasteiger partial charge < -0.3 is 9.47 Å². The molecule has 0 rings (SSSR count). The summed E-state index contributed by atoms with van der Waals surface area (Å²) in [5, 5.41) is 0. The van der Waals surface area contributed by atoms with Crippen LogP contribution in [0.3, 0.4) is 0 Å². The van der Waals surface area contributed by atoms with E-state index >= 15 is 0 Å². The minimum Gasteiger partial charge on any atom is -0.460 e. The van der Waals surface area contributed by atoms with Crippen LogP contribution in [0.5, 0.6) is 0 Å². The van der Waals surface area contributed by atoms with E-state index in [4.69, 9.17) is 9.47 Å². The fourth-order valence-corrected chi connectivity index (χ4v) is 1.27. The van der Waals surface area contributed by atoms with Crippen molar-refractivity contribution in [1.82, 2.24) is 0 Å². The van der Waals surface area contributed by atoms with Gasteiger partial charge in [-0.15, -0.1) is 0 Å². The Morgan fingerprint density at radius 1 is 0.944 bits per heavy atom. The van der Waals surface area contributed by atoms with Crippen LogP contribution in [0.1, 0.15) is 60.8 Å². The van der Waals surface area contributed by atoms with Crippen LogP contribution in [0.25, 0.3) is 0 Å². The number of Topliss-reactive ketones (excluding diaryl/α,β-unsaturated/α-hetero) is 1. The first-order valence-corrected chi connectivity index (χ1v) is 6.37. The number of hydrogen-bond acceptors (Lipinski definition) is 4. The number of ether oxygens (including phenoxy) is 2. The molecule has 0 heterocycles. The van der Waals surface area contributed by atoms with Crippen molar-refractivity contribution in [2.75, 3.05) is 6.61 Å². The first-order chi connectivity index (χ1) is 7.99. The smallest absolute Gasteiger partial charge is 0.313 e. The van der Waals surface area contributed by atoms with E-state index in [0.717, 1.165) is 0 Å². The lowest BCUT2D eigenvalue weighted by Crippen LogP contribution is -2.25. The highest BCUT2D eigenvalue weighted by Crippen LogP contribution is 2.10. The molecular formula is C14H26O4. The molecule has 0 N–H and O–H groups in total. The van der Waals surface area contributed by atoms with Crippen LogP contribution < -0.4 is 0 Å². The highest BCUT2D eigenvalue weighted by atomic mass is 16.6. The van der Waals surface area contributed by atoms with Crippen molar-refractivity contribution in [1.29, 1.82) is 0 Å². The van der Waals surface area contributed by atoms with Gasteiger partial charge in [0.2, 0.25) is 0 Å². The van der Waals surface area contributed by atoms with E-state index in [1.807, 2.05) is 20.8 Å². The van der Waals surface area contributed by atoms with Gasteiger partial charge in [0, 0.05) is 13.0 Å². The average molecular weight is 258 g/mol. The number of ketones is 1. The molecule has 4 nitrogen and oxygen atoms in total. The molecule has 0 aromatic heterocycles. The minimum absolute atomic E-state index is 0.0956. The highest BCUT2D eigenvalue weighted by molar-refractivity contribution is 5.95. The van der Waals surface area contributed by atoms with Crippen molar-refractivity contribution in [2.45, 2.75) is 72.0 Å². The molecule has 0 radical (unpaired) electrons. The second-order valence-corrected chi connectivity index (χ2v) is 6.37. The third kappa shape index (κ3) is 11.6. The molecule has 0 aliphatic carbocycles. The van der Waals surface area contributed by atoms with Crippen LogP contribution in [0.2, 0.25) is 0 Å². The molecule has 0 aromatic rings. The first kappa shape index (κ1) is 17.1.